The van der Waals surface area contributed by atoms with Crippen molar-refractivity contribution in [3.05, 3.63) is 0 Å². The second kappa shape index (κ2) is 5.43. The summed E-state index contributed by atoms with van der Waals surface area (Å²) >= 11 is 0. The van der Waals surface area contributed by atoms with Gasteiger partial charge in [-0.05, 0) is 46.6 Å². The lowest BCUT2D eigenvalue weighted by Gasteiger charge is -2.48. The van der Waals surface area contributed by atoms with Crippen LogP contribution in [-0.4, -0.2) is 66.9 Å². The first-order valence-electron chi connectivity index (χ1n) is 8.17. The Bertz CT molecular complexity index is 393. The molecule has 0 bridgehead atoms. The van der Waals surface area contributed by atoms with Gasteiger partial charge in [0.25, 0.3) is 0 Å². The standard InChI is InChI=1S/C16H28N2O3/c1-15(2,3)21-14(19)18-11-16(12-18)6-7-17(10-16)13-4-8-20-9-5-13/h13H,4-12H2,1-3H3. The molecule has 1 spiro atoms. The zero-order valence-electron chi connectivity index (χ0n) is 13.6. The third kappa shape index (κ3) is 3.34. The molecule has 0 aromatic carbocycles. The van der Waals surface area contributed by atoms with Crippen LogP contribution in [0, 0.1) is 5.41 Å². The van der Waals surface area contributed by atoms with Gasteiger partial charge in [0.1, 0.15) is 5.60 Å². The number of amides is 1. The van der Waals surface area contributed by atoms with Crippen LogP contribution in [0.2, 0.25) is 0 Å². The predicted octanol–water partition coefficient (Wildman–Crippen LogP) is 2.11. The lowest BCUT2D eigenvalue weighted by atomic mass is 9.79. The van der Waals surface area contributed by atoms with Crippen molar-refractivity contribution in [3.8, 4) is 0 Å². The molecule has 5 nitrogen and oxygen atoms in total. The van der Waals surface area contributed by atoms with Crippen molar-refractivity contribution < 1.29 is 14.3 Å². The first-order valence-corrected chi connectivity index (χ1v) is 8.17. The van der Waals surface area contributed by atoms with Crippen molar-refractivity contribution in [1.29, 1.82) is 0 Å². The molecule has 0 saturated carbocycles. The van der Waals surface area contributed by atoms with E-state index < -0.39 is 5.60 Å². The highest BCUT2D eigenvalue weighted by Crippen LogP contribution is 2.41. The number of rotatable bonds is 1. The molecule has 21 heavy (non-hydrogen) atoms. The van der Waals surface area contributed by atoms with E-state index in [9.17, 15) is 4.79 Å². The second-order valence-corrected chi connectivity index (χ2v) is 7.90. The van der Waals surface area contributed by atoms with E-state index in [-0.39, 0.29) is 6.09 Å². The van der Waals surface area contributed by atoms with Crippen molar-refractivity contribution in [2.75, 3.05) is 39.4 Å². The van der Waals surface area contributed by atoms with Gasteiger partial charge in [0.05, 0.1) is 0 Å². The Kier molecular flexibility index (Phi) is 3.91. The van der Waals surface area contributed by atoms with Crippen LogP contribution >= 0.6 is 0 Å². The van der Waals surface area contributed by atoms with Crippen LogP contribution in [-0.2, 0) is 9.47 Å². The molecule has 0 atom stereocenters. The Hall–Kier alpha value is -0.810. The summed E-state index contributed by atoms with van der Waals surface area (Å²) in [6.45, 7) is 11.6. The van der Waals surface area contributed by atoms with Gasteiger partial charge in [-0.15, -0.1) is 0 Å². The maximum Gasteiger partial charge on any atom is 0.410 e. The predicted molar refractivity (Wildman–Crippen MR) is 80.3 cm³/mol. The first kappa shape index (κ1) is 15.1. The molecule has 0 N–H and O–H groups in total. The third-order valence-corrected chi connectivity index (χ3v) is 4.88. The van der Waals surface area contributed by atoms with E-state index in [1.54, 1.807) is 0 Å². The topological polar surface area (TPSA) is 42.0 Å². The van der Waals surface area contributed by atoms with E-state index in [1.807, 2.05) is 25.7 Å². The number of likely N-dealkylation sites (tertiary alicyclic amines) is 2. The molecule has 0 radical (unpaired) electrons. The van der Waals surface area contributed by atoms with Gasteiger partial charge in [-0.25, -0.2) is 4.79 Å². The molecule has 3 fully saturated rings. The molecular formula is C16H28N2O3. The molecule has 3 aliphatic rings. The molecular weight excluding hydrogens is 268 g/mol. The summed E-state index contributed by atoms with van der Waals surface area (Å²) in [6.07, 6.45) is 3.37. The number of ether oxygens (including phenoxy) is 2. The highest BCUT2D eigenvalue weighted by molar-refractivity contribution is 5.69. The summed E-state index contributed by atoms with van der Waals surface area (Å²) in [5.41, 5.74) is -0.0706. The van der Waals surface area contributed by atoms with Gasteiger partial charge in [-0.3, -0.25) is 4.90 Å². The van der Waals surface area contributed by atoms with Gasteiger partial charge in [0.15, 0.2) is 0 Å². The molecule has 0 aromatic heterocycles. The quantitative estimate of drug-likeness (QED) is 0.743. The Balaban J connectivity index is 1.48. The number of carbonyl (C=O) groups is 1. The van der Waals surface area contributed by atoms with E-state index in [0.717, 1.165) is 45.7 Å². The third-order valence-electron chi connectivity index (χ3n) is 4.88. The van der Waals surface area contributed by atoms with Gasteiger partial charge in [-0.1, -0.05) is 0 Å². The van der Waals surface area contributed by atoms with Gasteiger partial charge < -0.3 is 14.4 Å². The van der Waals surface area contributed by atoms with Crippen LogP contribution in [0.4, 0.5) is 4.79 Å². The number of carbonyl (C=O) groups excluding carboxylic acids is 1. The lowest BCUT2D eigenvalue weighted by molar-refractivity contribution is -0.0342. The largest absolute Gasteiger partial charge is 0.444 e. The van der Waals surface area contributed by atoms with E-state index >= 15 is 0 Å². The van der Waals surface area contributed by atoms with Crippen molar-refractivity contribution in [3.63, 3.8) is 0 Å². The fourth-order valence-corrected chi connectivity index (χ4v) is 3.81. The summed E-state index contributed by atoms with van der Waals surface area (Å²) in [7, 11) is 0. The molecule has 0 unspecified atom stereocenters. The van der Waals surface area contributed by atoms with Crippen molar-refractivity contribution in [1.82, 2.24) is 9.80 Å². The van der Waals surface area contributed by atoms with Crippen LogP contribution in [0.1, 0.15) is 40.0 Å². The Labute approximate surface area is 127 Å². The molecule has 0 aliphatic carbocycles. The maximum absolute atomic E-state index is 12.0. The molecule has 3 heterocycles. The Morgan fingerprint density at radius 3 is 2.48 bits per heavy atom. The average molecular weight is 296 g/mol. The number of nitrogens with zero attached hydrogens (tertiary/aromatic N) is 2. The average Bonchev–Trinajstić information content (AvgIpc) is 2.81. The number of hydrogen-bond donors (Lipinski definition) is 0. The smallest absolute Gasteiger partial charge is 0.410 e. The van der Waals surface area contributed by atoms with Gasteiger partial charge in [0, 0.05) is 44.3 Å². The number of hydrogen-bond acceptors (Lipinski definition) is 4. The van der Waals surface area contributed by atoms with Gasteiger partial charge >= 0.3 is 6.09 Å². The van der Waals surface area contributed by atoms with Crippen molar-refractivity contribution in [2.45, 2.75) is 51.7 Å². The van der Waals surface area contributed by atoms with Crippen LogP contribution in [0.15, 0.2) is 0 Å². The van der Waals surface area contributed by atoms with Crippen LogP contribution < -0.4 is 0 Å². The lowest BCUT2D eigenvalue weighted by Crippen LogP contribution is -2.60. The summed E-state index contributed by atoms with van der Waals surface area (Å²) in [6, 6.07) is 0.689. The minimum absolute atomic E-state index is 0.155. The molecule has 3 aliphatic heterocycles. The molecule has 3 rings (SSSR count). The Morgan fingerprint density at radius 1 is 1.19 bits per heavy atom. The van der Waals surface area contributed by atoms with Crippen LogP contribution in [0.5, 0.6) is 0 Å². The summed E-state index contributed by atoms with van der Waals surface area (Å²) in [4.78, 5) is 16.5. The molecule has 1 amide bonds. The van der Waals surface area contributed by atoms with E-state index in [0.29, 0.717) is 11.5 Å². The SMILES string of the molecule is CC(C)(C)OC(=O)N1CC2(CCN(C3CCOCC3)C2)C1. The minimum atomic E-state index is -0.399. The summed E-state index contributed by atoms with van der Waals surface area (Å²) < 4.78 is 10.9. The molecule has 0 aromatic rings. The first-order chi connectivity index (χ1) is 9.87. The van der Waals surface area contributed by atoms with E-state index in [4.69, 9.17) is 9.47 Å². The monoisotopic (exact) mass is 296 g/mol. The van der Waals surface area contributed by atoms with E-state index in [2.05, 4.69) is 4.90 Å². The van der Waals surface area contributed by atoms with Crippen molar-refractivity contribution in [2.24, 2.45) is 5.41 Å². The Morgan fingerprint density at radius 2 is 1.86 bits per heavy atom. The normalized spacial score (nSPS) is 26.9. The van der Waals surface area contributed by atoms with Crippen molar-refractivity contribution >= 4 is 6.09 Å². The molecule has 3 saturated heterocycles. The maximum atomic E-state index is 12.0. The van der Waals surface area contributed by atoms with Gasteiger partial charge in [0.2, 0.25) is 0 Å². The summed E-state index contributed by atoms with van der Waals surface area (Å²) in [5, 5.41) is 0. The molecule has 5 heteroatoms. The highest BCUT2D eigenvalue weighted by atomic mass is 16.6. The fourth-order valence-electron chi connectivity index (χ4n) is 3.81. The highest BCUT2D eigenvalue weighted by Gasteiger charge is 2.51. The van der Waals surface area contributed by atoms with Gasteiger partial charge in [-0.2, -0.15) is 0 Å². The minimum Gasteiger partial charge on any atom is -0.444 e. The fraction of sp³-hybridized carbons (Fsp3) is 0.938. The van der Waals surface area contributed by atoms with Crippen LogP contribution in [0.25, 0.3) is 0 Å². The summed E-state index contributed by atoms with van der Waals surface area (Å²) in [5.74, 6) is 0. The van der Waals surface area contributed by atoms with Crippen LogP contribution in [0.3, 0.4) is 0 Å². The second-order valence-electron chi connectivity index (χ2n) is 7.90. The zero-order chi connectivity index (χ0) is 15.1. The molecule has 120 valence electrons. The zero-order valence-corrected chi connectivity index (χ0v) is 13.6. The van der Waals surface area contributed by atoms with E-state index in [1.165, 1.54) is 13.0 Å².